The Morgan fingerprint density at radius 1 is 1.16 bits per heavy atom. The summed E-state index contributed by atoms with van der Waals surface area (Å²) in [7, 11) is 2.20. The van der Waals surface area contributed by atoms with Crippen molar-refractivity contribution in [3.8, 4) is 11.5 Å². The van der Waals surface area contributed by atoms with E-state index in [1.54, 1.807) is 0 Å². The molecule has 1 heterocycles. The van der Waals surface area contributed by atoms with Crippen molar-refractivity contribution in [3.63, 3.8) is 0 Å². The molecule has 2 aliphatic carbocycles. The quantitative estimate of drug-likeness (QED) is 0.858. The number of fused-ring (bicyclic) bond motifs is 1. The minimum atomic E-state index is -0.160. The number of likely N-dealkylation sites (tertiary alicyclic amines) is 1. The molecule has 25 heavy (non-hydrogen) atoms. The van der Waals surface area contributed by atoms with E-state index in [1.807, 2.05) is 6.92 Å². The summed E-state index contributed by atoms with van der Waals surface area (Å²) < 4.78 is 12.0. The first-order valence-corrected chi connectivity index (χ1v) is 9.91. The van der Waals surface area contributed by atoms with Crippen LogP contribution < -0.4 is 9.47 Å². The van der Waals surface area contributed by atoms with Crippen LogP contribution in [0.4, 0.5) is 0 Å². The first-order chi connectivity index (χ1) is 12.1. The van der Waals surface area contributed by atoms with Gasteiger partial charge in [0.05, 0.1) is 19.3 Å². The second-order valence-electron chi connectivity index (χ2n) is 8.18. The Hall–Kier alpha value is -1.26. The first kappa shape index (κ1) is 17.2. The van der Waals surface area contributed by atoms with E-state index >= 15 is 0 Å². The number of ether oxygens (including phenoxy) is 2. The van der Waals surface area contributed by atoms with E-state index in [2.05, 4.69) is 30.1 Å². The molecule has 0 radical (unpaired) electrons. The Morgan fingerprint density at radius 3 is 2.76 bits per heavy atom. The molecule has 0 amide bonds. The topological polar surface area (TPSA) is 41.9 Å². The van der Waals surface area contributed by atoms with Gasteiger partial charge in [0.15, 0.2) is 11.5 Å². The number of rotatable bonds is 6. The third-order valence-electron chi connectivity index (χ3n) is 6.49. The number of hydrogen-bond acceptors (Lipinski definition) is 4. The van der Waals surface area contributed by atoms with Crippen LogP contribution in [0, 0.1) is 5.92 Å². The average molecular weight is 345 g/mol. The molecule has 0 aromatic heterocycles. The van der Waals surface area contributed by atoms with Gasteiger partial charge in [-0.2, -0.15) is 0 Å². The van der Waals surface area contributed by atoms with E-state index in [-0.39, 0.29) is 11.5 Å². The Balaban J connectivity index is 1.64. The van der Waals surface area contributed by atoms with Crippen LogP contribution in [0.25, 0.3) is 0 Å². The summed E-state index contributed by atoms with van der Waals surface area (Å²) in [5.41, 5.74) is 1.51. The van der Waals surface area contributed by atoms with Gasteiger partial charge < -0.3 is 19.5 Å². The van der Waals surface area contributed by atoms with Gasteiger partial charge in [-0.25, -0.2) is 0 Å². The van der Waals surface area contributed by atoms with Crippen molar-refractivity contribution in [1.29, 1.82) is 0 Å². The predicted molar refractivity (Wildman–Crippen MR) is 98.4 cm³/mol. The second kappa shape index (κ2) is 6.81. The van der Waals surface area contributed by atoms with Crippen LogP contribution in [0.2, 0.25) is 0 Å². The summed E-state index contributed by atoms with van der Waals surface area (Å²) >= 11 is 0. The third-order valence-corrected chi connectivity index (χ3v) is 6.49. The van der Waals surface area contributed by atoms with E-state index in [9.17, 15) is 5.11 Å². The van der Waals surface area contributed by atoms with Crippen LogP contribution in [-0.2, 0) is 5.41 Å². The van der Waals surface area contributed by atoms with E-state index < -0.39 is 0 Å². The van der Waals surface area contributed by atoms with Gasteiger partial charge in [0.1, 0.15) is 0 Å². The van der Waals surface area contributed by atoms with E-state index in [1.165, 1.54) is 18.4 Å². The molecule has 1 aromatic carbocycles. The number of hydrogen-bond donors (Lipinski definition) is 1. The Labute approximate surface area is 151 Å². The van der Waals surface area contributed by atoms with Crippen molar-refractivity contribution in [2.45, 2.75) is 63.0 Å². The lowest BCUT2D eigenvalue weighted by atomic mass is 9.65. The van der Waals surface area contributed by atoms with Gasteiger partial charge in [-0.15, -0.1) is 0 Å². The molecular formula is C21H31NO3. The van der Waals surface area contributed by atoms with E-state index in [4.69, 9.17) is 9.47 Å². The maximum atomic E-state index is 10.2. The lowest BCUT2D eigenvalue weighted by Crippen LogP contribution is -2.47. The molecule has 138 valence electrons. The molecule has 2 saturated carbocycles. The minimum Gasteiger partial charge on any atom is -0.490 e. The van der Waals surface area contributed by atoms with Gasteiger partial charge in [-0.05, 0) is 82.7 Å². The number of likely N-dealkylation sites (N-methyl/N-ethyl adjacent to an activating group) is 1. The van der Waals surface area contributed by atoms with Gasteiger partial charge in [-0.3, -0.25) is 0 Å². The van der Waals surface area contributed by atoms with Crippen molar-refractivity contribution in [1.82, 2.24) is 4.90 Å². The lowest BCUT2D eigenvalue weighted by molar-refractivity contribution is 0.0566. The van der Waals surface area contributed by atoms with Crippen molar-refractivity contribution in [3.05, 3.63) is 23.8 Å². The highest BCUT2D eigenvalue weighted by molar-refractivity contribution is 5.46. The fourth-order valence-corrected chi connectivity index (χ4v) is 4.80. The SMILES string of the molecule is CCOc1ccc([C@@]23CC[C@@H](O)C[C@@H]2N(C)CC3)cc1OCC1CC1. The monoisotopic (exact) mass is 345 g/mol. The Bertz CT molecular complexity index is 615. The zero-order chi connectivity index (χ0) is 17.4. The minimum absolute atomic E-state index is 0.149. The molecule has 1 aromatic rings. The highest BCUT2D eigenvalue weighted by atomic mass is 16.5. The van der Waals surface area contributed by atoms with E-state index in [0.717, 1.165) is 56.3 Å². The summed E-state index contributed by atoms with van der Waals surface area (Å²) in [6.45, 7) is 4.57. The van der Waals surface area contributed by atoms with Crippen LogP contribution in [0.3, 0.4) is 0 Å². The number of aliphatic hydroxyl groups excluding tert-OH is 1. The fraction of sp³-hybridized carbons (Fsp3) is 0.714. The molecule has 0 bridgehead atoms. The number of nitrogens with zero attached hydrogens (tertiary/aromatic N) is 1. The number of aliphatic hydroxyl groups is 1. The molecule has 1 N–H and O–H groups in total. The van der Waals surface area contributed by atoms with Gasteiger partial charge in [-0.1, -0.05) is 6.07 Å². The smallest absolute Gasteiger partial charge is 0.161 e. The molecule has 4 heteroatoms. The van der Waals surface area contributed by atoms with Crippen molar-refractivity contribution >= 4 is 0 Å². The summed E-state index contributed by atoms with van der Waals surface area (Å²) in [6, 6.07) is 6.98. The van der Waals surface area contributed by atoms with Crippen LogP contribution in [0.15, 0.2) is 18.2 Å². The molecule has 3 fully saturated rings. The zero-order valence-electron chi connectivity index (χ0n) is 15.5. The maximum absolute atomic E-state index is 10.2. The molecule has 0 unspecified atom stereocenters. The maximum Gasteiger partial charge on any atom is 0.161 e. The predicted octanol–water partition coefficient (Wildman–Crippen LogP) is 3.36. The lowest BCUT2D eigenvalue weighted by Gasteiger charge is -2.43. The largest absolute Gasteiger partial charge is 0.490 e. The van der Waals surface area contributed by atoms with Gasteiger partial charge in [0.25, 0.3) is 0 Å². The Morgan fingerprint density at radius 2 is 2.00 bits per heavy atom. The molecule has 4 rings (SSSR count). The molecule has 1 saturated heterocycles. The molecule has 4 nitrogen and oxygen atoms in total. The zero-order valence-corrected chi connectivity index (χ0v) is 15.5. The standard InChI is InChI=1S/C21H31NO3/c1-3-24-18-7-6-16(12-19(18)25-14-15-4-5-15)21-9-8-17(23)13-20(21)22(2)11-10-21/h6-7,12,15,17,20,23H,3-5,8-11,13-14H2,1-2H3/t17-,20+,21+/m1/s1. The molecule has 1 aliphatic heterocycles. The van der Waals surface area contributed by atoms with Crippen LogP contribution in [0.1, 0.15) is 51.0 Å². The van der Waals surface area contributed by atoms with E-state index in [0.29, 0.717) is 12.6 Å². The number of benzene rings is 1. The summed E-state index contributed by atoms with van der Waals surface area (Å²) in [6.07, 6.45) is 6.41. The molecule has 3 aliphatic rings. The second-order valence-corrected chi connectivity index (χ2v) is 8.18. The summed E-state index contributed by atoms with van der Waals surface area (Å²) in [4.78, 5) is 2.43. The average Bonchev–Trinajstić information content (AvgIpc) is 3.39. The summed E-state index contributed by atoms with van der Waals surface area (Å²) in [5, 5.41) is 10.2. The van der Waals surface area contributed by atoms with Crippen LogP contribution in [-0.4, -0.2) is 49.0 Å². The van der Waals surface area contributed by atoms with Crippen LogP contribution in [0.5, 0.6) is 11.5 Å². The normalized spacial score (nSPS) is 32.4. The highest BCUT2D eigenvalue weighted by Crippen LogP contribution is 2.50. The van der Waals surface area contributed by atoms with Gasteiger partial charge in [0.2, 0.25) is 0 Å². The van der Waals surface area contributed by atoms with Gasteiger partial charge in [0, 0.05) is 11.5 Å². The van der Waals surface area contributed by atoms with Crippen molar-refractivity contribution in [2.75, 3.05) is 26.8 Å². The fourth-order valence-electron chi connectivity index (χ4n) is 4.80. The van der Waals surface area contributed by atoms with Gasteiger partial charge >= 0.3 is 0 Å². The first-order valence-electron chi connectivity index (χ1n) is 9.91. The highest BCUT2D eigenvalue weighted by Gasteiger charge is 2.50. The molecule has 0 spiro atoms. The molecular weight excluding hydrogens is 314 g/mol. The van der Waals surface area contributed by atoms with Crippen molar-refractivity contribution in [2.24, 2.45) is 5.92 Å². The van der Waals surface area contributed by atoms with Crippen molar-refractivity contribution < 1.29 is 14.6 Å². The molecule has 3 atom stereocenters. The summed E-state index contributed by atoms with van der Waals surface area (Å²) in [5.74, 6) is 2.49. The van der Waals surface area contributed by atoms with Crippen LogP contribution >= 0.6 is 0 Å². The Kier molecular flexibility index (Phi) is 4.67. The third kappa shape index (κ3) is 3.26.